The number of nitrogens with two attached hydrogens (primary N) is 1. The third-order valence-corrected chi connectivity index (χ3v) is 3.29. The van der Waals surface area contributed by atoms with Crippen LogP contribution in [0.15, 0.2) is 24.3 Å². The van der Waals surface area contributed by atoms with Gasteiger partial charge in [-0.25, -0.2) is 4.68 Å². The van der Waals surface area contributed by atoms with Crippen molar-refractivity contribution in [2.45, 2.75) is 25.5 Å². The van der Waals surface area contributed by atoms with Crippen molar-refractivity contribution in [2.24, 2.45) is 0 Å². The van der Waals surface area contributed by atoms with Crippen molar-refractivity contribution in [3.63, 3.8) is 0 Å². The van der Waals surface area contributed by atoms with Crippen molar-refractivity contribution in [3.8, 4) is 11.4 Å². The summed E-state index contributed by atoms with van der Waals surface area (Å²) in [7, 11) is 0. The molecule has 0 saturated carbocycles. The average Bonchev–Trinajstić information content (AvgIpc) is 2.96. The van der Waals surface area contributed by atoms with Gasteiger partial charge in [0.1, 0.15) is 0 Å². The second kappa shape index (κ2) is 4.38. The van der Waals surface area contributed by atoms with Crippen LogP contribution in [0.3, 0.4) is 0 Å². The first-order chi connectivity index (χ1) is 8.75. The molecule has 2 heterocycles. The van der Waals surface area contributed by atoms with Crippen LogP contribution < -0.4 is 5.73 Å². The van der Waals surface area contributed by atoms with Gasteiger partial charge in [-0.1, -0.05) is 12.1 Å². The molecule has 1 aliphatic heterocycles. The van der Waals surface area contributed by atoms with E-state index in [1.54, 1.807) is 0 Å². The average molecular weight is 245 g/mol. The molecule has 6 heteroatoms. The highest BCUT2D eigenvalue weighted by Crippen LogP contribution is 2.29. The van der Waals surface area contributed by atoms with Gasteiger partial charge in [0.05, 0.1) is 12.1 Å². The molecule has 1 fully saturated rings. The topological polar surface area (TPSA) is 78.8 Å². The fourth-order valence-electron chi connectivity index (χ4n) is 2.33. The monoisotopic (exact) mass is 245 g/mol. The van der Waals surface area contributed by atoms with Gasteiger partial charge in [0, 0.05) is 17.9 Å². The van der Waals surface area contributed by atoms with Crippen LogP contribution in [0.1, 0.15) is 19.4 Å². The Kier molecular flexibility index (Phi) is 2.71. The lowest BCUT2D eigenvalue weighted by molar-refractivity contribution is 0.105. The Bertz CT molecular complexity index is 553. The molecule has 2 N–H and O–H groups in total. The molecule has 1 aliphatic rings. The van der Waals surface area contributed by atoms with Crippen LogP contribution in [0.5, 0.6) is 0 Å². The van der Waals surface area contributed by atoms with Crippen LogP contribution >= 0.6 is 0 Å². The molecule has 0 spiro atoms. The van der Waals surface area contributed by atoms with Gasteiger partial charge >= 0.3 is 0 Å². The van der Waals surface area contributed by atoms with Gasteiger partial charge in [-0.3, -0.25) is 0 Å². The van der Waals surface area contributed by atoms with E-state index in [2.05, 4.69) is 15.5 Å². The van der Waals surface area contributed by atoms with E-state index < -0.39 is 0 Å². The largest absolute Gasteiger partial charge is 0.399 e. The zero-order valence-electron chi connectivity index (χ0n) is 10.2. The van der Waals surface area contributed by atoms with Crippen LogP contribution in [-0.4, -0.2) is 32.9 Å². The molecule has 0 aliphatic carbocycles. The minimum atomic E-state index is 0.133. The number of hydrogen-bond donors (Lipinski definition) is 1. The molecule has 3 rings (SSSR count). The fourth-order valence-corrected chi connectivity index (χ4v) is 2.33. The SMILES string of the molecule is CC1OCCC1n1nnnc1-c1cccc(N)c1. The molecule has 0 bridgehead atoms. The maximum Gasteiger partial charge on any atom is 0.182 e. The third kappa shape index (κ3) is 1.84. The number of nitrogen functional groups attached to an aromatic ring is 1. The lowest BCUT2D eigenvalue weighted by Crippen LogP contribution is -2.19. The van der Waals surface area contributed by atoms with Crippen molar-refractivity contribution in [1.29, 1.82) is 0 Å². The number of benzene rings is 1. The predicted octanol–water partition coefficient (Wildman–Crippen LogP) is 1.27. The summed E-state index contributed by atoms with van der Waals surface area (Å²) in [4.78, 5) is 0. The first-order valence-electron chi connectivity index (χ1n) is 6.01. The number of rotatable bonds is 2. The summed E-state index contributed by atoms with van der Waals surface area (Å²) in [5.41, 5.74) is 7.43. The van der Waals surface area contributed by atoms with Crippen LogP contribution in [-0.2, 0) is 4.74 Å². The highest BCUT2D eigenvalue weighted by Gasteiger charge is 2.29. The zero-order valence-corrected chi connectivity index (χ0v) is 10.2. The van der Waals surface area contributed by atoms with Crippen LogP contribution in [0.2, 0.25) is 0 Å². The number of anilines is 1. The Labute approximate surface area is 105 Å². The summed E-state index contributed by atoms with van der Waals surface area (Å²) in [6.45, 7) is 2.80. The highest BCUT2D eigenvalue weighted by molar-refractivity contribution is 5.60. The second-order valence-corrected chi connectivity index (χ2v) is 4.50. The zero-order chi connectivity index (χ0) is 12.5. The van der Waals surface area contributed by atoms with E-state index in [1.165, 1.54) is 0 Å². The number of hydrogen-bond acceptors (Lipinski definition) is 5. The number of aromatic nitrogens is 4. The van der Waals surface area contributed by atoms with Gasteiger partial charge < -0.3 is 10.5 Å². The Morgan fingerprint density at radius 2 is 2.33 bits per heavy atom. The Morgan fingerprint density at radius 1 is 1.44 bits per heavy atom. The smallest absolute Gasteiger partial charge is 0.182 e. The van der Waals surface area contributed by atoms with Crippen LogP contribution in [0, 0.1) is 0 Å². The fraction of sp³-hybridized carbons (Fsp3) is 0.417. The highest BCUT2D eigenvalue weighted by atomic mass is 16.5. The summed E-state index contributed by atoms with van der Waals surface area (Å²) < 4.78 is 7.40. The van der Waals surface area contributed by atoms with Gasteiger partial charge in [0.25, 0.3) is 0 Å². The maximum atomic E-state index is 5.79. The van der Waals surface area contributed by atoms with E-state index in [-0.39, 0.29) is 12.1 Å². The van der Waals surface area contributed by atoms with Crippen molar-refractivity contribution < 1.29 is 4.74 Å². The Morgan fingerprint density at radius 3 is 3.06 bits per heavy atom. The molecule has 2 atom stereocenters. The first kappa shape index (κ1) is 11.2. The molecule has 2 unspecified atom stereocenters. The lowest BCUT2D eigenvalue weighted by atomic mass is 10.1. The van der Waals surface area contributed by atoms with Gasteiger partial charge in [0.2, 0.25) is 0 Å². The second-order valence-electron chi connectivity index (χ2n) is 4.50. The number of ether oxygens (including phenoxy) is 1. The number of tetrazole rings is 1. The molecular weight excluding hydrogens is 230 g/mol. The maximum absolute atomic E-state index is 5.79. The summed E-state index contributed by atoms with van der Waals surface area (Å²) in [6, 6.07) is 7.77. The molecule has 6 nitrogen and oxygen atoms in total. The molecule has 94 valence electrons. The van der Waals surface area contributed by atoms with Gasteiger partial charge in [-0.15, -0.1) is 5.10 Å². The third-order valence-electron chi connectivity index (χ3n) is 3.29. The molecule has 0 amide bonds. The van der Waals surface area contributed by atoms with Crippen molar-refractivity contribution >= 4 is 5.69 Å². The van der Waals surface area contributed by atoms with Crippen molar-refractivity contribution in [3.05, 3.63) is 24.3 Å². The lowest BCUT2D eigenvalue weighted by Gasteiger charge is -2.15. The molecular formula is C12H15N5O. The standard InChI is InChI=1S/C12H15N5O/c1-8-11(5-6-18-8)17-12(14-15-16-17)9-3-2-4-10(13)7-9/h2-4,7-8,11H,5-6,13H2,1H3. The van der Waals surface area contributed by atoms with Crippen molar-refractivity contribution in [1.82, 2.24) is 20.2 Å². The van der Waals surface area contributed by atoms with E-state index in [1.807, 2.05) is 35.9 Å². The van der Waals surface area contributed by atoms with Crippen LogP contribution in [0.25, 0.3) is 11.4 Å². The molecule has 2 aromatic rings. The Hall–Kier alpha value is -1.95. The van der Waals surface area contributed by atoms with Gasteiger partial charge in [0.15, 0.2) is 5.82 Å². The summed E-state index contributed by atoms with van der Waals surface area (Å²) in [5.74, 6) is 0.740. The van der Waals surface area contributed by atoms with E-state index in [9.17, 15) is 0 Å². The van der Waals surface area contributed by atoms with Crippen molar-refractivity contribution in [2.75, 3.05) is 12.3 Å². The summed E-state index contributed by atoms with van der Waals surface area (Å²) in [6.07, 6.45) is 1.06. The Balaban J connectivity index is 2.01. The minimum absolute atomic E-state index is 0.133. The summed E-state index contributed by atoms with van der Waals surface area (Å²) in [5, 5.41) is 12.0. The number of nitrogens with zero attached hydrogens (tertiary/aromatic N) is 4. The predicted molar refractivity (Wildman–Crippen MR) is 66.7 cm³/mol. The molecule has 1 aromatic carbocycles. The van der Waals surface area contributed by atoms with Crippen LogP contribution in [0.4, 0.5) is 5.69 Å². The van der Waals surface area contributed by atoms with Gasteiger partial charge in [-0.2, -0.15) is 0 Å². The van der Waals surface area contributed by atoms with E-state index in [0.29, 0.717) is 5.69 Å². The molecule has 1 aromatic heterocycles. The minimum Gasteiger partial charge on any atom is -0.399 e. The van der Waals surface area contributed by atoms with E-state index >= 15 is 0 Å². The van der Waals surface area contributed by atoms with E-state index in [4.69, 9.17) is 10.5 Å². The quantitative estimate of drug-likeness (QED) is 0.806. The first-order valence-corrected chi connectivity index (χ1v) is 6.01. The summed E-state index contributed by atoms with van der Waals surface area (Å²) >= 11 is 0. The molecule has 18 heavy (non-hydrogen) atoms. The van der Waals surface area contributed by atoms with E-state index in [0.717, 1.165) is 24.4 Å². The molecule has 1 saturated heterocycles. The molecule has 0 radical (unpaired) electrons. The van der Waals surface area contributed by atoms with Gasteiger partial charge in [-0.05, 0) is 35.9 Å². The normalized spacial score (nSPS) is 23.4.